The van der Waals surface area contributed by atoms with Crippen LogP contribution in [0.5, 0.6) is 0 Å². The standard InChI is InChI=1S/C17H17F7N2/c18-14(19)16(21,22)17(23,24)15(20)25-8-6-12(7-9-25)26-10-5-11-3-1-2-4-13(11)26/h1-5,10,12,14-15H,6-9H2. The second kappa shape index (κ2) is 6.75. The molecule has 0 amide bonds. The molecule has 0 spiro atoms. The number of aromatic nitrogens is 1. The highest BCUT2D eigenvalue weighted by atomic mass is 19.3. The summed E-state index contributed by atoms with van der Waals surface area (Å²) in [4.78, 5) is 0.512. The van der Waals surface area contributed by atoms with Crippen molar-refractivity contribution in [3.05, 3.63) is 36.5 Å². The lowest BCUT2D eigenvalue weighted by Crippen LogP contribution is -2.59. The SMILES string of the molecule is FC(F)C(F)(F)C(F)(F)C(F)N1CCC(n2ccc3ccccc32)CC1. The normalized spacial score (nSPS) is 19.4. The summed E-state index contributed by atoms with van der Waals surface area (Å²) < 4.78 is 93.5. The van der Waals surface area contributed by atoms with Crippen LogP contribution in [0.2, 0.25) is 0 Å². The van der Waals surface area contributed by atoms with Gasteiger partial charge in [-0.25, -0.2) is 13.2 Å². The molecule has 2 heterocycles. The third-order valence-corrected chi connectivity index (χ3v) is 4.86. The second-order valence-electron chi connectivity index (χ2n) is 6.43. The van der Waals surface area contributed by atoms with E-state index in [4.69, 9.17) is 0 Å². The van der Waals surface area contributed by atoms with Gasteiger partial charge >= 0.3 is 18.3 Å². The summed E-state index contributed by atoms with van der Waals surface area (Å²) in [6.45, 7) is -0.458. The molecule has 1 aliphatic rings. The average molecular weight is 382 g/mol. The molecule has 1 fully saturated rings. The van der Waals surface area contributed by atoms with Gasteiger partial charge in [0.2, 0.25) is 6.30 Å². The first kappa shape index (κ1) is 19.0. The molecule has 26 heavy (non-hydrogen) atoms. The van der Waals surface area contributed by atoms with Gasteiger partial charge < -0.3 is 4.57 Å². The molecule has 1 aromatic heterocycles. The Kier molecular flexibility index (Phi) is 4.94. The van der Waals surface area contributed by atoms with Crippen molar-refractivity contribution >= 4 is 10.9 Å². The maximum atomic E-state index is 14.0. The number of para-hydroxylation sites is 1. The van der Waals surface area contributed by atoms with Crippen LogP contribution in [0.1, 0.15) is 18.9 Å². The van der Waals surface area contributed by atoms with E-state index < -0.39 is 24.6 Å². The highest BCUT2D eigenvalue weighted by Crippen LogP contribution is 2.44. The van der Waals surface area contributed by atoms with Gasteiger partial charge in [-0.15, -0.1) is 0 Å². The van der Waals surface area contributed by atoms with E-state index in [0.29, 0.717) is 4.90 Å². The van der Waals surface area contributed by atoms with E-state index >= 15 is 0 Å². The Morgan fingerprint density at radius 1 is 0.885 bits per heavy atom. The highest BCUT2D eigenvalue weighted by Gasteiger charge is 2.68. The van der Waals surface area contributed by atoms with Gasteiger partial charge in [0.15, 0.2) is 0 Å². The molecule has 0 bridgehead atoms. The molecule has 0 aliphatic carbocycles. The Balaban J connectivity index is 1.70. The van der Waals surface area contributed by atoms with Crippen molar-refractivity contribution in [2.45, 2.75) is 43.4 Å². The third kappa shape index (κ3) is 3.06. The lowest BCUT2D eigenvalue weighted by atomic mass is 10.0. The Morgan fingerprint density at radius 2 is 1.50 bits per heavy atom. The minimum atomic E-state index is -5.72. The van der Waals surface area contributed by atoms with E-state index in [1.165, 1.54) is 0 Å². The molecule has 1 atom stereocenters. The smallest absolute Gasteiger partial charge is 0.344 e. The van der Waals surface area contributed by atoms with Crippen LogP contribution in [0.15, 0.2) is 36.5 Å². The van der Waals surface area contributed by atoms with Gasteiger partial charge in [0, 0.05) is 30.8 Å². The Hall–Kier alpha value is -1.77. The first-order chi connectivity index (χ1) is 12.2. The van der Waals surface area contributed by atoms with Crippen molar-refractivity contribution in [1.82, 2.24) is 9.47 Å². The van der Waals surface area contributed by atoms with E-state index in [-0.39, 0.29) is 32.0 Å². The van der Waals surface area contributed by atoms with Crippen LogP contribution in [-0.2, 0) is 0 Å². The maximum Gasteiger partial charge on any atom is 0.373 e. The van der Waals surface area contributed by atoms with Crippen molar-refractivity contribution in [3.8, 4) is 0 Å². The summed E-state index contributed by atoms with van der Waals surface area (Å²) >= 11 is 0. The van der Waals surface area contributed by atoms with E-state index in [2.05, 4.69) is 0 Å². The quantitative estimate of drug-likeness (QED) is 0.515. The number of nitrogens with zero attached hydrogens (tertiary/aromatic N) is 2. The van der Waals surface area contributed by atoms with Crippen LogP contribution in [0.4, 0.5) is 30.7 Å². The first-order valence-corrected chi connectivity index (χ1v) is 8.13. The van der Waals surface area contributed by atoms with Crippen molar-refractivity contribution < 1.29 is 30.7 Å². The summed E-state index contributed by atoms with van der Waals surface area (Å²) in [5.74, 6) is -11.2. The predicted molar refractivity (Wildman–Crippen MR) is 82.6 cm³/mol. The maximum absolute atomic E-state index is 14.0. The molecule has 2 aromatic rings. The number of fused-ring (bicyclic) bond motifs is 1. The number of rotatable bonds is 5. The fourth-order valence-corrected chi connectivity index (χ4v) is 3.35. The molecule has 1 unspecified atom stereocenters. The molecule has 0 saturated carbocycles. The van der Waals surface area contributed by atoms with Crippen LogP contribution in [0, 0.1) is 0 Å². The summed E-state index contributed by atoms with van der Waals surface area (Å²) in [5, 5.41) is 0.987. The van der Waals surface area contributed by atoms with Gasteiger partial charge in [0.25, 0.3) is 0 Å². The number of hydrogen-bond acceptors (Lipinski definition) is 1. The molecule has 9 heteroatoms. The first-order valence-electron chi connectivity index (χ1n) is 8.13. The number of piperidine rings is 1. The van der Waals surface area contributed by atoms with Crippen molar-refractivity contribution in [2.24, 2.45) is 0 Å². The zero-order chi connectivity index (χ0) is 19.1. The largest absolute Gasteiger partial charge is 0.373 e. The minimum absolute atomic E-state index is 0.109. The van der Waals surface area contributed by atoms with E-state index in [9.17, 15) is 30.7 Å². The van der Waals surface area contributed by atoms with Crippen molar-refractivity contribution in [1.29, 1.82) is 0 Å². The summed E-state index contributed by atoms with van der Waals surface area (Å²) in [6, 6.07) is 9.29. The van der Waals surface area contributed by atoms with Crippen molar-refractivity contribution in [2.75, 3.05) is 13.1 Å². The molecular formula is C17H17F7N2. The predicted octanol–water partition coefficient (Wildman–Crippen LogP) is 5.11. The van der Waals surface area contributed by atoms with Crippen LogP contribution < -0.4 is 0 Å². The molecule has 0 N–H and O–H groups in total. The number of benzene rings is 1. The monoisotopic (exact) mass is 382 g/mol. The Morgan fingerprint density at radius 3 is 2.12 bits per heavy atom. The second-order valence-corrected chi connectivity index (χ2v) is 6.43. The van der Waals surface area contributed by atoms with Gasteiger partial charge in [-0.2, -0.15) is 17.6 Å². The highest BCUT2D eigenvalue weighted by molar-refractivity contribution is 5.80. The summed E-state index contributed by atoms with van der Waals surface area (Å²) in [5.41, 5.74) is 0.928. The van der Waals surface area contributed by atoms with Crippen LogP contribution >= 0.6 is 0 Å². The van der Waals surface area contributed by atoms with Crippen LogP contribution in [0.3, 0.4) is 0 Å². The molecule has 2 nitrogen and oxygen atoms in total. The van der Waals surface area contributed by atoms with E-state index in [1.54, 1.807) is 0 Å². The lowest BCUT2D eigenvalue weighted by molar-refractivity contribution is -0.304. The van der Waals surface area contributed by atoms with Crippen LogP contribution in [-0.4, -0.2) is 47.1 Å². The molecule has 144 valence electrons. The molecule has 1 aliphatic heterocycles. The minimum Gasteiger partial charge on any atom is -0.344 e. The molecule has 3 rings (SSSR count). The molecule has 1 aromatic carbocycles. The zero-order valence-electron chi connectivity index (χ0n) is 13.6. The Labute approximate surface area is 145 Å². The van der Waals surface area contributed by atoms with Crippen molar-refractivity contribution in [3.63, 3.8) is 0 Å². The number of alkyl halides is 7. The third-order valence-electron chi connectivity index (χ3n) is 4.86. The Bertz CT molecular complexity index is 750. The molecule has 1 saturated heterocycles. The molecule has 0 radical (unpaired) electrons. The van der Waals surface area contributed by atoms with Gasteiger partial charge in [-0.3, -0.25) is 4.90 Å². The van der Waals surface area contributed by atoms with E-state index in [0.717, 1.165) is 10.9 Å². The number of halogens is 7. The molecular weight excluding hydrogens is 365 g/mol. The van der Waals surface area contributed by atoms with Gasteiger partial charge in [-0.05, 0) is 30.4 Å². The van der Waals surface area contributed by atoms with Crippen LogP contribution in [0.25, 0.3) is 10.9 Å². The zero-order valence-corrected chi connectivity index (χ0v) is 13.6. The lowest BCUT2D eigenvalue weighted by Gasteiger charge is -2.39. The summed E-state index contributed by atoms with van der Waals surface area (Å²) in [7, 11) is 0. The topological polar surface area (TPSA) is 8.17 Å². The van der Waals surface area contributed by atoms with E-state index in [1.807, 2.05) is 41.1 Å². The van der Waals surface area contributed by atoms with Gasteiger partial charge in [0.05, 0.1) is 0 Å². The number of likely N-dealkylation sites (tertiary alicyclic amines) is 1. The average Bonchev–Trinajstić information content (AvgIpc) is 3.05. The fourth-order valence-electron chi connectivity index (χ4n) is 3.35. The van der Waals surface area contributed by atoms with Gasteiger partial charge in [0.1, 0.15) is 0 Å². The summed E-state index contributed by atoms with van der Waals surface area (Å²) in [6.07, 6.45) is -5.78. The fraction of sp³-hybridized carbons (Fsp3) is 0.529. The van der Waals surface area contributed by atoms with Gasteiger partial charge in [-0.1, -0.05) is 18.2 Å². The number of hydrogen-bond donors (Lipinski definition) is 0.